The predicted octanol–water partition coefficient (Wildman–Crippen LogP) is 5.83. The van der Waals surface area contributed by atoms with Crippen molar-refractivity contribution in [3.8, 4) is 5.75 Å². The Labute approximate surface area is 183 Å². The smallest absolute Gasteiger partial charge is 0.259 e. The number of para-hydroxylation sites is 1. The van der Waals surface area contributed by atoms with Gasteiger partial charge in [-0.05, 0) is 49.6 Å². The fourth-order valence-corrected chi connectivity index (χ4v) is 3.80. The lowest BCUT2D eigenvalue weighted by atomic mass is 9.95. The van der Waals surface area contributed by atoms with E-state index in [-0.39, 0.29) is 17.9 Å². The maximum absolute atomic E-state index is 12.8. The summed E-state index contributed by atoms with van der Waals surface area (Å²) in [6, 6.07) is 12.3. The van der Waals surface area contributed by atoms with Crippen LogP contribution in [0.3, 0.4) is 0 Å². The molecule has 6 heteroatoms. The zero-order valence-electron chi connectivity index (χ0n) is 17.4. The molecule has 0 bridgehead atoms. The lowest BCUT2D eigenvalue weighted by Gasteiger charge is -2.23. The Morgan fingerprint density at radius 1 is 1.03 bits per heavy atom. The maximum atomic E-state index is 12.8. The van der Waals surface area contributed by atoms with E-state index >= 15 is 0 Å². The van der Waals surface area contributed by atoms with Crippen LogP contribution < -0.4 is 15.4 Å². The van der Waals surface area contributed by atoms with Crippen LogP contribution >= 0.6 is 11.6 Å². The Morgan fingerprint density at radius 2 is 1.80 bits per heavy atom. The molecule has 160 valence electrons. The summed E-state index contributed by atoms with van der Waals surface area (Å²) >= 11 is 6.26. The second-order valence-corrected chi connectivity index (χ2v) is 8.06. The molecule has 3 rings (SSSR count). The molecule has 0 aliphatic heterocycles. The van der Waals surface area contributed by atoms with E-state index in [0.29, 0.717) is 34.2 Å². The Kier molecular flexibility index (Phi) is 8.14. The van der Waals surface area contributed by atoms with Crippen molar-refractivity contribution in [2.24, 2.45) is 0 Å². The molecule has 2 N–H and O–H groups in total. The highest BCUT2D eigenvalue weighted by atomic mass is 35.5. The van der Waals surface area contributed by atoms with Gasteiger partial charge in [-0.15, -0.1) is 0 Å². The number of amides is 2. The van der Waals surface area contributed by atoms with Crippen LogP contribution in [0.15, 0.2) is 42.5 Å². The van der Waals surface area contributed by atoms with E-state index in [4.69, 9.17) is 16.3 Å². The number of hydrogen-bond donors (Lipinski definition) is 2. The van der Waals surface area contributed by atoms with Gasteiger partial charge >= 0.3 is 0 Å². The SMILES string of the molecule is CCCCOc1ccccc1C(=O)Nc1ccc(Cl)c(C(=O)NC2CCCCC2)c1. The quantitative estimate of drug-likeness (QED) is 0.519. The highest BCUT2D eigenvalue weighted by Crippen LogP contribution is 2.25. The molecule has 0 saturated heterocycles. The second kappa shape index (κ2) is 11.0. The Morgan fingerprint density at radius 3 is 2.57 bits per heavy atom. The first-order valence-corrected chi connectivity index (χ1v) is 11.1. The minimum atomic E-state index is -0.289. The molecular formula is C24H29ClN2O3. The first kappa shape index (κ1) is 22.2. The fourth-order valence-electron chi connectivity index (χ4n) is 3.59. The van der Waals surface area contributed by atoms with Crippen LogP contribution in [0.1, 0.15) is 72.6 Å². The lowest BCUT2D eigenvalue weighted by Crippen LogP contribution is -2.36. The van der Waals surface area contributed by atoms with Gasteiger partial charge in [-0.25, -0.2) is 0 Å². The van der Waals surface area contributed by atoms with Crippen LogP contribution in [-0.4, -0.2) is 24.5 Å². The van der Waals surface area contributed by atoms with Crippen LogP contribution in [0.2, 0.25) is 5.02 Å². The zero-order chi connectivity index (χ0) is 21.3. The largest absolute Gasteiger partial charge is 0.493 e. The number of hydrogen-bond acceptors (Lipinski definition) is 3. The summed E-state index contributed by atoms with van der Waals surface area (Å²) in [6.07, 6.45) is 7.42. The van der Waals surface area contributed by atoms with E-state index in [9.17, 15) is 9.59 Å². The molecule has 0 radical (unpaired) electrons. The van der Waals surface area contributed by atoms with E-state index in [1.165, 1.54) is 6.42 Å². The van der Waals surface area contributed by atoms with E-state index in [2.05, 4.69) is 17.6 Å². The second-order valence-electron chi connectivity index (χ2n) is 7.66. The Bertz CT molecular complexity index is 879. The third-order valence-electron chi connectivity index (χ3n) is 5.30. The number of rotatable bonds is 8. The van der Waals surface area contributed by atoms with Gasteiger partial charge in [-0.1, -0.05) is 56.3 Å². The summed E-state index contributed by atoms with van der Waals surface area (Å²) < 4.78 is 5.76. The van der Waals surface area contributed by atoms with Gasteiger partial charge in [0.2, 0.25) is 0 Å². The van der Waals surface area contributed by atoms with Crippen molar-refractivity contribution in [1.82, 2.24) is 5.32 Å². The Hall–Kier alpha value is -2.53. The number of nitrogens with one attached hydrogen (secondary N) is 2. The van der Waals surface area contributed by atoms with Gasteiger partial charge in [0.05, 0.1) is 22.8 Å². The van der Waals surface area contributed by atoms with Crippen LogP contribution in [-0.2, 0) is 0 Å². The van der Waals surface area contributed by atoms with Gasteiger partial charge in [-0.3, -0.25) is 9.59 Å². The minimum absolute atomic E-state index is 0.188. The number of unbranched alkanes of at least 4 members (excludes halogenated alkanes) is 1. The number of ether oxygens (including phenoxy) is 1. The topological polar surface area (TPSA) is 67.4 Å². The molecule has 1 saturated carbocycles. The van der Waals surface area contributed by atoms with E-state index < -0.39 is 0 Å². The molecule has 0 atom stereocenters. The van der Waals surface area contributed by atoms with E-state index in [1.807, 2.05) is 6.07 Å². The number of halogens is 1. The third-order valence-corrected chi connectivity index (χ3v) is 5.63. The monoisotopic (exact) mass is 428 g/mol. The molecule has 1 aliphatic carbocycles. The maximum Gasteiger partial charge on any atom is 0.259 e. The first-order valence-electron chi connectivity index (χ1n) is 10.7. The molecule has 2 aromatic carbocycles. The van der Waals surface area contributed by atoms with Crippen molar-refractivity contribution in [2.45, 2.75) is 57.9 Å². The molecular weight excluding hydrogens is 400 g/mol. The summed E-state index contributed by atoms with van der Waals surface area (Å²) in [5.74, 6) is 0.0574. The fraction of sp³-hybridized carbons (Fsp3) is 0.417. The highest BCUT2D eigenvalue weighted by Gasteiger charge is 2.19. The van der Waals surface area contributed by atoms with Crippen molar-refractivity contribution >= 4 is 29.1 Å². The van der Waals surface area contributed by atoms with Crippen LogP contribution in [0, 0.1) is 0 Å². The van der Waals surface area contributed by atoms with Gasteiger partial charge in [0.15, 0.2) is 0 Å². The minimum Gasteiger partial charge on any atom is -0.493 e. The molecule has 2 aromatic rings. The normalized spacial score (nSPS) is 14.2. The van der Waals surface area contributed by atoms with Crippen molar-refractivity contribution in [3.63, 3.8) is 0 Å². The number of benzene rings is 2. The summed E-state index contributed by atoms with van der Waals surface area (Å²) in [5.41, 5.74) is 1.34. The lowest BCUT2D eigenvalue weighted by molar-refractivity contribution is 0.0926. The molecule has 0 heterocycles. The molecule has 1 aliphatic rings. The van der Waals surface area contributed by atoms with Gasteiger partial charge in [0, 0.05) is 11.7 Å². The molecule has 5 nitrogen and oxygen atoms in total. The number of carbonyl (C=O) groups is 2. The van der Waals surface area contributed by atoms with Crippen molar-refractivity contribution in [1.29, 1.82) is 0 Å². The van der Waals surface area contributed by atoms with Gasteiger partial charge < -0.3 is 15.4 Å². The van der Waals surface area contributed by atoms with Gasteiger partial charge in [0.25, 0.3) is 11.8 Å². The number of anilines is 1. The summed E-state index contributed by atoms with van der Waals surface area (Å²) in [7, 11) is 0. The molecule has 2 amide bonds. The summed E-state index contributed by atoms with van der Waals surface area (Å²) in [6.45, 7) is 2.65. The molecule has 0 unspecified atom stereocenters. The average molecular weight is 429 g/mol. The molecule has 1 fully saturated rings. The standard InChI is InChI=1S/C24H29ClN2O3/c1-2-3-15-30-22-12-8-7-11-19(22)23(28)27-18-13-14-21(25)20(16-18)24(29)26-17-9-5-4-6-10-17/h7-8,11-14,16-17H,2-6,9-10,15H2,1H3,(H,26,29)(H,27,28). The predicted molar refractivity (Wildman–Crippen MR) is 121 cm³/mol. The summed E-state index contributed by atoms with van der Waals surface area (Å²) in [4.78, 5) is 25.5. The average Bonchev–Trinajstić information content (AvgIpc) is 2.76. The highest BCUT2D eigenvalue weighted by molar-refractivity contribution is 6.34. The zero-order valence-corrected chi connectivity index (χ0v) is 18.1. The Balaban J connectivity index is 1.70. The van der Waals surface area contributed by atoms with Crippen molar-refractivity contribution in [3.05, 3.63) is 58.6 Å². The van der Waals surface area contributed by atoms with Gasteiger partial charge in [0.1, 0.15) is 5.75 Å². The summed E-state index contributed by atoms with van der Waals surface area (Å²) in [5, 5.41) is 6.29. The molecule has 0 spiro atoms. The first-order chi connectivity index (χ1) is 14.6. The van der Waals surface area contributed by atoms with E-state index in [0.717, 1.165) is 38.5 Å². The van der Waals surface area contributed by atoms with Crippen LogP contribution in [0.5, 0.6) is 5.75 Å². The van der Waals surface area contributed by atoms with Crippen molar-refractivity contribution in [2.75, 3.05) is 11.9 Å². The van der Waals surface area contributed by atoms with Crippen LogP contribution in [0.25, 0.3) is 0 Å². The molecule has 0 aromatic heterocycles. The third kappa shape index (κ3) is 5.99. The van der Waals surface area contributed by atoms with Gasteiger partial charge in [-0.2, -0.15) is 0 Å². The van der Waals surface area contributed by atoms with E-state index in [1.54, 1.807) is 36.4 Å². The van der Waals surface area contributed by atoms with Crippen molar-refractivity contribution < 1.29 is 14.3 Å². The van der Waals surface area contributed by atoms with Crippen LogP contribution in [0.4, 0.5) is 5.69 Å². The molecule has 30 heavy (non-hydrogen) atoms. The number of carbonyl (C=O) groups excluding carboxylic acids is 2.